The Morgan fingerprint density at radius 2 is 1.87 bits per heavy atom. The number of pyridine rings is 1. The predicted molar refractivity (Wildman–Crippen MR) is 154 cm³/mol. The summed E-state index contributed by atoms with van der Waals surface area (Å²) in [6.45, 7) is 7.94. The topological polar surface area (TPSA) is 97.5 Å². The normalized spacial score (nSPS) is 18.9. The summed E-state index contributed by atoms with van der Waals surface area (Å²) in [5.41, 5.74) is 14.0. The third-order valence-corrected chi connectivity index (χ3v) is 7.66. The first-order chi connectivity index (χ1) is 18.5. The Morgan fingerprint density at radius 1 is 1.15 bits per heavy atom. The molecule has 39 heavy (non-hydrogen) atoms. The molecule has 0 fully saturated rings. The number of carbonyl (C=O) groups is 2. The van der Waals surface area contributed by atoms with Gasteiger partial charge in [0.1, 0.15) is 11.0 Å². The van der Waals surface area contributed by atoms with Crippen molar-refractivity contribution in [2.45, 2.75) is 46.5 Å². The molecule has 1 aliphatic heterocycles. The molecule has 1 unspecified atom stereocenters. The van der Waals surface area contributed by atoms with Crippen LogP contribution in [0.25, 0.3) is 10.9 Å². The van der Waals surface area contributed by atoms with Crippen LogP contribution in [0.5, 0.6) is 0 Å². The van der Waals surface area contributed by atoms with E-state index in [4.69, 9.17) is 33.7 Å². The van der Waals surface area contributed by atoms with E-state index >= 15 is 0 Å². The molecule has 1 aromatic heterocycles. The molecule has 0 amide bonds. The third kappa shape index (κ3) is 5.09. The van der Waals surface area contributed by atoms with E-state index in [1.807, 2.05) is 45.0 Å². The quantitative estimate of drug-likeness (QED) is 0.264. The fourth-order valence-electron chi connectivity index (χ4n) is 5.40. The molecule has 1 atom stereocenters. The molecular weight excluding hydrogens is 535 g/mol. The maximum atomic E-state index is 13.9. The molecule has 0 spiro atoms. The molecule has 7 nitrogen and oxygen atoms in total. The molecule has 1 aliphatic carbocycles. The number of rotatable bonds is 5. The number of aryl methyl sites for hydroxylation is 1. The molecular formula is C30H30Cl2N4O3. The number of benzene rings is 2. The fourth-order valence-corrected chi connectivity index (χ4v) is 5.78. The molecule has 9 heteroatoms. The zero-order valence-corrected chi connectivity index (χ0v) is 23.8. The lowest BCUT2D eigenvalue weighted by Crippen LogP contribution is -2.45. The van der Waals surface area contributed by atoms with E-state index in [9.17, 15) is 9.59 Å². The molecule has 2 heterocycles. The first-order valence-corrected chi connectivity index (χ1v) is 13.6. The van der Waals surface area contributed by atoms with Gasteiger partial charge >= 0.3 is 5.97 Å². The zero-order chi connectivity index (χ0) is 28.1. The number of ether oxygens (including phenoxy) is 1. The second-order valence-electron chi connectivity index (χ2n) is 10.8. The van der Waals surface area contributed by atoms with Crippen molar-refractivity contribution >= 4 is 51.5 Å². The lowest BCUT2D eigenvalue weighted by molar-refractivity contribution is -0.139. The van der Waals surface area contributed by atoms with Crippen molar-refractivity contribution in [2.24, 2.45) is 11.1 Å². The molecule has 3 aromatic rings. The number of aromatic nitrogens is 1. The molecule has 3 N–H and O–H groups in total. The van der Waals surface area contributed by atoms with E-state index in [0.29, 0.717) is 40.4 Å². The maximum absolute atomic E-state index is 13.9. The highest BCUT2D eigenvalue weighted by atomic mass is 35.5. The molecule has 2 aliphatic rings. The molecule has 0 saturated heterocycles. The number of hydrogen-bond donors (Lipinski definition) is 2. The molecule has 0 saturated carbocycles. The van der Waals surface area contributed by atoms with Gasteiger partial charge in [0.05, 0.1) is 35.0 Å². The molecule has 0 bridgehead atoms. The van der Waals surface area contributed by atoms with E-state index in [-0.39, 0.29) is 34.4 Å². The number of Topliss-reactive ketones (excluding diaryl/α,β-unsaturated/α-hetero) is 1. The number of nitrogens with one attached hydrogen (secondary N) is 1. The van der Waals surface area contributed by atoms with E-state index < -0.39 is 11.9 Å². The summed E-state index contributed by atoms with van der Waals surface area (Å²) in [5.74, 6) is -1.40. The average Bonchev–Trinajstić information content (AvgIpc) is 2.86. The third-order valence-electron chi connectivity index (χ3n) is 7.10. The minimum absolute atomic E-state index is 0.0798. The van der Waals surface area contributed by atoms with Crippen molar-refractivity contribution in [1.29, 1.82) is 0 Å². The summed E-state index contributed by atoms with van der Waals surface area (Å²) in [5, 5.41) is 3.27. The second kappa shape index (κ2) is 10.2. The number of fused-ring (bicyclic) bond motifs is 1. The number of anilines is 1. The first-order valence-electron chi connectivity index (χ1n) is 12.8. The van der Waals surface area contributed by atoms with Crippen LogP contribution >= 0.6 is 23.2 Å². The number of hydrazine groups is 1. The Kier molecular flexibility index (Phi) is 7.08. The largest absolute Gasteiger partial charge is 0.463 e. The fraction of sp³-hybridized carbons (Fsp3) is 0.300. The molecule has 0 radical (unpaired) electrons. The van der Waals surface area contributed by atoms with E-state index in [0.717, 1.165) is 16.5 Å². The summed E-state index contributed by atoms with van der Waals surface area (Å²) in [7, 11) is 0. The van der Waals surface area contributed by atoms with Crippen LogP contribution in [0, 0.1) is 12.3 Å². The number of nitrogens with two attached hydrogens (primary N) is 1. The van der Waals surface area contributed by atoms with Crippen LogP contribution in [0.4, 0.5) is 5.69 Å². The molecule has 202 valence electrons. The summed E-state index contributed by atoms with van der Waals surface area (Å²) < 4.78 is 5.47. The van der Waals surface area contributed by atoms with Gasteiger partial charge in [-0.2, -0.15) is 0 Å². The van der Waals surface area contributed by atoms with Gasteiger partial charge < -0.3 is 10.5 Å². The monoisotopic (exact) mass is 564 g/mol. The van der Waals surface area contributed by atoms with Crippen molar-refractivity contribution in [3.8, 4) is 0 Å². The van der Waals surface area contributed by atoms with Gasteiger partial charge in [0.2, 0.25) is 0 Å². The lowest BCUT2D eigenvalue weighted by Gasteiger charge is -2.44. The number of nitrogens with zero attached hydrogens (tertiary/aromatic N) is 2. The van der Waals surface area contributed by atoms with Crippen LogP contribution in [0.15, 0.2) is 71.2 Å². The van der Waals surface area contributed by atoms with Crippen LogP contribution in [-0.4, -0.2) is 28.4 Å². The van der Waals surface area contributed by atoms with E-state index in [1.165, 1.54) is 0 Å². The number of carbonyl (C=O) groups excluding carboxylic acids is 2. The SMILES string of the molecule is CCOC(=O)C1=C(N)N(Nc2ccc(Cl)cc2)C2=C(C(=O)CC(C)(C)C2)C1c1cc2cc(C)ccc2nc1Cl. The van der Waals surface area contributed by atoms with Gasteiger partial charge in [-0.1, -0.05) is 48.7 Å². The van der Waals surface area contributed by atoms with Crippen molar-refractivity contribution in [2.75, 3.05) is 12.0 Å². The first kappa shape index (κ1) is 27.0. The highest BCUT2D eigenvalue weighted by Gasteiger charge is 2.47. The van der Waals surface area contributed by atoms with Gasteiger partial charge in [0, 0.05) is 28.0 Å². The molecule has 2 aromatic carbocycles. The van der Waals surface area contributed by atoms with E-state index in [2.05, 4.69) is 10.4 Å². The Balaban J connectivity index is 1.77. The number of esters is 1. The van der Waals surface area contributed by atoms with Crippen molar-refractivity contribution in [3.63, 3.8) is 0 Å². The highest BCUT2D eigenvalue weighted by molar-refractivity contribution is 6.31. The maximum Gasteiger partial charge on any atom is 0.338 e. The summed E-state index contributed by atoms with van der Waals surface area (Å²) in [6, 6.07) is 14.8. The van der Waals surface area contributed by atoms with Crippen LogP contribution in [-0.2, 0) is 14.3 Å². The van der Waals surface area contributed by atoms with Gasteiger partial charge in [0.25, 0.3) is 0 Å². The van der Waals surface area contributed by atoms with Crippen molar-refractivity contribution in [1.82, 2.24) is 9.99 Å². The number of ketones is 1. The second-order valence-corrected chi connectivity index (χ2v) is 11.6. The van der Waals surface area contributed by atoms with Crippen LogP contribution in [0.1, 0.15) is 50.7 Å². The Labute approximate surface area is 237 Å². The number of halogens is 2. The van der Waals surface area contributed by atoms with Gasteiger partial charge in [-0.3, -0.25) is 10.2 Å². The Bertz CT molecular complexity index is 1560. The Morgan fingerprint density at radius 3 is 2.56 bits per heavy atom. The lowest BCUT2D eigenvalue weighted by atomic mass is 9.69. The summed E-state index contributed by atoms with van der Waals surface area (Å²) in [4.78, 5) is 32.1. The number of allylic oxidation sites excluding steroid dienone is 2. The van der Waals surface area contributed by atoms with Gasteiger partial charge in [-0.15, -0.1) is 0 Å². The minimum atomic E-state index is -0.837. The standard InChI is InChI=1S/C30H30Cl2N4O3/c1-5-39-29(38)26-24(20-13-17-12-16(2)6-11-21(17)34-27(20)32)25-22(14-30(3,4)15-23(25)37)36(28(26)33)35-19-9-7-18(31)8-10-19/h6-13,24,35H,5,14-15,33H2,1-4H3. The van der Waals surface area contributed by atoms with Crippen molar-refractivity contribution < 1.29 is 14.3 Å². The van der Waals surface area contributed by atoms with Gasteiger partial charge in [0.15, 0.2) is 5.78 Å². The molecule has 5 rings (SSSR count). The highest BCUT2D eigenvalue weighted by Crippen LogP contribution is 2.50. The van der Waals surface area contributed by atoms with Crippen LogP contribution in [0.2, 0.25) is 10.2 Å². The van der Waals surface area contributed by atoms with Crippen molar-refractivity contribution in [3.05, 3.63) is 92.5 Å². The minimum Gasteiger partial charge on any atom is -0.463 e. The number of hydrogen-bond acceptors (Lipinski definition) is 7. The van der Waals surface area contributed by atoms with Crippen LogP contribution < -0.4 is 11.2 Å². The Hall–Kier alpha value is -3.55. The predicted octanol–water partition coefficient (Wildman–Crippen LogP) is 6.65. The smallest absolute Gasteiger partial charge is 0.338 e. The average molecular weight is 566 g/mol. The van der Waals surface area contributed by atoms with Gasteiger partial charge in [-0.25, -0.2) is 14.8 Å². The van der Waals surface area contributed by atoms with Gasteiger partial charge in [-0.05, 0) is 68.1 Å². The summed E-state index contributed by atoms with van der Waals surface area (Å²) in [6.07, 6.45) is 0.852. The van der Waals surface area contributed by atoms with Crippen LogP contribution in [0.3, 0.4) is 0 Å². The summed E-state index contributed by atoms with van der Waals surface area (Å²) >= 11 is 12.9. The van der Waals surface area contributed by atoms with E-state index in [1.54, 1.807) is 36.2 Å². The zero-order valence-electron chi connectivity index (χ0n) is 22.3.